The first-order valence-electron chi connectivity index (χ1n) is 10.9. The first-order valence-corrected chi connectivity index (χ1v) is 11.6. The Balaban J connectivity index is 1.94. The monoisotopic (exact) mass is 519 g/mol. The van der Waals surface area contributed by atoms with E-state index in [0.29, 0.717) is 41.7 Å². The molecule has 0 aromatic heterocycles. The van der Waals surface area contributed by atoms with Gasteiger partial charge in [0.2, 0.25) is 0 Å². The molecular formula is C24H27Cl2F4N3O. The van der Waals surface area contributed by atoms with Crippen molar-refractivity contribution in [2.45, 2.75) is 44.1 Å². The van der Waals surface area contributed by atoms with Crippen LogP contribution in [0, 0.1) is 5.82 Å². The molecule has 3 atom stereocenters. The molecule has 1 aliphatic heterocycles. The van der Waals surface area contributed by atoms with Gasteiger partial charge < -0.3 is 15.0 Å². The average molecular weight is 520 g/mol. The van der Waals surface area contributed by atoms with E-state index in [9.17, 15) is 22.4 Å². The fourth-order valence-corrected chi connectivity index (χ4v) is 4.83. The normalized spacial score (nSPS) is 19.9. The number of hydrogen-bond acceptors (Lipinski definition) is 4. The standard InChI is InChI=1S/C24H27Cl2F4N3O/c1-14(34)4-9-23(31-2)33-12-17(15-5-8-19(25)20(26)10-15)22(13-33)32(3)16-6-7-18(21(27)11-16)24(28,29)30/h5-8,10-11,17,22-23,31H,4,9,12-13H2,1-3H3/t17-,22-,23?/m1/s1. The second-order valence-electron chi connectivity index (χ2n) is 8.62. The minimum atomic E-state index is -4.76. The number of likely N-dealkylation sites (N-methyl/N-ethyl adjacent to an activating group) is 1. The van der Waals surface area contributed by atoms with Crippen molar-refractivity contribution in [1.29, 1.82) is 0 Å². The molecule has 2 aromatic carbocycles. The zero-order chi connectivity index (χ0) is 25.2. The van der Waals surface area contributed by atoms with E-state index in [2.05, 4.69) is 10.2 Å². The molecule has 0 spiro atoms. The van der Waals surface area contributed by atoms with Crippen LogP contribution in [0.5, 0.6) is 0 Å². The van der Waals surface area contributed by atoms with Crippen LogP contribution in [0.25, 0.3) is 0 Å². The topological polar surface area (TPSA) is 35.6 Å². The van der Waals surface area contributed by atoms with Gasteiger partial charge in [-0.1, -0.05) is 29.3 Å². The van der Waals surface area contributed by atoms with Crippen molar-refractivity contribution < 1.29 is 22.4 Å². The molecule has 1 heterocycles. The summed E-state index contributed by atoms with van der Waals surface area (Å²) in [5.74, 6) is -1.31. The number of likely N-dealkylation sites (tertiary alicyclic amines) is 1. The summed E-state index contributed by atoms with van der Waals surface area (Å²) in [6.45, 7) is 2.71. The Morgan fingerprint density at radius 1 is 1.18 bits per heavy atom. The second kappa shape index (κ2) is 10.8. The molecule has 34 heavy (non-hydrogen) atoms. The molecule has 0 bridgehead atoms. The number of alkyl halides is 3. The smallest absolute Gasteiger partial charge is 0.370 e. The van der Waals surface area contributed by atoms with Crippen molar-refractivity contribution in [1.82, 2.24) is 10.2 Å². The number of benzene rings is 2. The molecule has 2 aromatic rings. The van der Waals surface area contributed by atoms with E-state index in [0.717, 1.165) is 17.7 Å². The molecule has 0 radical (unpaired) electrons. The Hall–Kier alpha value is -1.87. The van der Waals surface area contributed by atoms with Crippen LogP contribution in [0.4, 0.5) is 23.2 Å². The van der Waals surface area contributed by atoms with Crippen LogP contribution in [0.2, 0.25) is 10.0 Å². The molecule has 186 valence electrons. The second-order valence-corrected chi connectivity index (χ2v) is 9.43. The van der Waals surface area contributed by atoms with Gasteiger partial charge in [-0.25, -0.2) is 4.39 Å². The van der Waals surface area contributed by atoms with Crippen LogP contribution in [-0.4, -0.2) is 50.1 Å². The van der Waals surface area contributed by atoms with Crippen LogP contribution in [0.1, 0.15) is 36.8 Å². The van der Waals surface area contributed by atoms with Gasteiger partial charge in [-0.05, 0) is 56.3 Å². The van der Waals surface area contributed by atoms with E-state index < -0.39 is 17.6 Å². The van der Waals surface area contributed by atoms with Gasteiger partial charge in [-0.15, -0.1) is 0 Å². The van der Waals surface area contributed by atoms with Gasteiger partial charge in [0.25, 0.3) is 0 Å². The predicted octanol–water partition coefficient (Wildman–Crippen LogP) is 5.97. The SMILES string of the molecule is CNC(CCC(C)=O)N1C[C@H](c2ccc(Cl)c(Cl)c2)[C@H](N(C)c2ccc(C(F)(F)F)c(F)c2)C1. The molecule has 10 heteroatoms. The number of ketones is 1. The van der Waals surface area contributed by atoms with E-state index in [-0.39, 0.29) is 23.9 Å². The number of carbonyl (C=O) groups excluding carboxylic acids is 1. The third kappa shape index (κ3) is 6.03. The molecule has 0 aliphatic carbocycles. The van der Waals surface area contributed by atoms with E-state index in [1.807, 2.05) is 13.1 Å². The lowest BCUT2D eigenvalue weighted by Crippen LogP contribution is -2.45. The first kappa shape index (κ1) is 26.7. The Morgan fingerprint density at radius 3 is 2.44 bits per heavy atom. The van der Waals surface area contributed by atoms with Crippen molar-refractivity contribution in [3.8, 4) is 0 Å². The van der Waals surface area contributed by atoms with E-state index in [1.54, 1.807) is 31.0 Å². The highest BCUT2D eigenvalue weighted by atomic mass is 35.5. The summed E-state index contributed by atoms with van der Waals surface area (Å²) in [7, 11) is 3.56. The minimum absolute atomic E-state index is 0.0723. The van der Waals surface area contributed by atoms with Gasteiger partial charge in [-0.2, -0.15) is 13.2 Å². The molecule has 0 amide bonds. The molecule has 4 nitrogen and oxygen atoms in total. The molecule has 0 saturated carbocycles. The third-order valence-corrected chi connectivity index (χ3v) is 7.13. The number of rotatable bonds is 8. The van der Waals surface area contributed by atoms with Gasteiger partial charge in [-0.3, -0.25) is 4.90 Å². The van der Waals surface area contributed by atoms with Gasteiger partial charge in [0, 0.05) is 44.2 Å². The first-order chi connectivity index (χ1) is 15.9. The van der Waals surface area contributed by atoms with Crippen molar-refractivity contribution in [2.75, 3.05) is 32.1 Å². The summed E-state index contributed by atoms with van der Waals surface area (Å²) in [6, 6.07) is 8.15. The fraction of sp³-hybridized carbons (Fsp3) is 0.458. The van der Waals surface area contributed by atoms with Crippen LogP contribution in [-0.2, 0) is 11.0 Å². The fourth-order valence-electron chi connectivity index (χ4n) is 4.53. The van der Waals surface area contributed by atoms with E-state index in [1.165, 1.54) is 6.07 Å². The predicted molar refractivity (Wildman–Crippen MR) is 127 cm³/mol. The maximum atomic E-state index is 14.3. The van der Waals surface area contributed by atoms with Gasteiger partial charge in [0.1, 0.15) is 11.6 Å². The van der Waals surface area contributed by atoms with Crippen LogP contribution in [0.15, 0.2) is 36.4 Å². The highest BCUT2D eigenvalue weighted by Crippen LogP contribution is 2.38. The quantitative estimate of drug-likeness (QED) is 0.435. The number of nitrogens with zero attached hydrogens (tertiary/aromatic N) is 2. The number of hydrogen-bond donors (Lipinski definition) is 1. The molecular weight excluding hydrogens is 493 g/mol. The summed E-state index contributed by atoms with van der Waals surface area (Å²) in [4.78, 5) is 15.5. The Labute approximate surface area is 206 Å². The van der Waals surface area contributed by atoms with Crippen molar-refractivity contribution >= 4 is 34.7 Å². The average Bonchev–Trinajstić information content (AvgIpc) is 3.19. The lowest BCUT2D eigenvalue weighted by atomic mass is 9.93. The zero-order valence-electron chi connectivity index (χ0n) is 19.1. The Bertz CT molecular complexity index is 1030. The summed E-state index contributed by atoms with van der Waals surface area (Å²) >= 11 is 12.4. The molecule has 1 saturated heterocycles. The van der Waals surface area contributed by atoms with Crippen LogP contribution >= 0.6 is 23.2 Å². The molecule has 3 rings (SSSR count). The number of Topliss-reactive ketones (excluding diaryl/α,β-unsaturated/α-hetero) is 1. The van der Waals surface area contributed by atoms with Gasteiger partial charge in [0.15, 0.2) is 0 Å². The number of carbonyl (C=O) groups is 1. The molecule has 1 N–H and O–H groups in total. The molecule has 1 fully saturated rings. The minimum Gasteiger partial charge on any atom is -0.370 e. The van der Waals surface area contributed by atoms with Gasteiger partial charge >= 0.3 is 6.18 Å². The number of anilines is 1. The molecule has 1 aliphatic rings. The largest absolute Gasteiger partial charge is 0.419 e. The summed E-state index contributed by atoms with van der Waals surface area (Å²) in [5, 5.41) is 4.07. The van der Waals surface area contributed by atoms with Crippen LogP contribution in [0.3, 0.4) is 0 Å². The highest BCUT2D eigenvalue weighted by molar-refractivity contribution is 6.42. The maximum absolute atomic E-state index is 14.3. The van der Waals surface area contributed by atoms with Crippen molar-refractivity contribution in [3.63, 3.8) is 0 Å². The van der Waals surface area contributed by atoms with Crippen molar-refractivity contribution in [3.05, 3.63) is 63.4 Å². The highest BCUT2D eigenvalue weighted by Gasteiger charge is 2.40. The van der Waals surface area contributed by atoms with Gasteiger partial charge in [0.05, 0.1) is 21.8 Å². The Kier molecular flexibility index (Phi) is 8.50. The number of nitrogens with one attached hydrogen (secondary N) is 1. The van der Waals surface area contributed by atoms with E-state index in [4.69, 9.17) is 23.2 Å². The lowest BCUT2D eigenvalue weighted by Gasteiger charge is -2.32. The Morgan fingerprint density at radius 2 is 1.88 bits per heavy atom. The maximum Gasteiger partial charge on any atom is 0.419 e. The van der Waals surface area contributed by atoms with E-state index >= 15 is 0 Å². The zero-order valence-corrected chi connectivity index (χ0v) is 20.6. The lowest BCUT2D eigenvalue weighted by molar-refractivity contribution is -0.140. The summed E-state index contributed by atoms with van der Waals surface area (Å²) in [6.07, 6.45) is -3.79. The van der Waals surface area contributed by atoms with Crippen molar-refractivity contribution in [2.24, 2.45) is 0 Å². The number of halogens is 6. The third-order valence-electron chi connectivity index (χ3n) is 6.40. The van der Waals surface area contributed by atoms with Crippen LogP contribution < -0.4 is 10.2 Å². The summed E-state index contributed by atoms with van der Waals surface area (Å²) in [5.41, 5.74) is -0.0343. The molecule has 1 unspecified atom stereocenters. The summed E-state index contributed by atoms with van der Waals surface area (Å²) < 4.78 is 53.4.